The minimum atomic E-state index is -1.24. The lowest BCUT2D eigenvalue weighted by Gasteiger charge is -2.07. The molecular weight excluding hydrogens is 272 g/mol. The van der Waals surface area contributed by atoms with Gasteiger partial charge in [0.1, 0.15) is 11.6 Å². The average molecular weight is 281 g/mol. The third-order valence-corrected chi connectivity index (χ3v) is 2.50. The molecule has 2 rings (SSSR count). The van der Waals surface area contributed by atoms with Crippen molar-refractivity contribution < 1.29 is 18.8 Å². The van der Waals surface area contributed by atoms with Crippen molar-refractivity contribution >= 4 is 11.4 Å². The van der Waals surface area contributed by atoms with Crippen LogP contribution in [0, 0.1) is 21.7 Å². The first kappa shape index (κ1) is 13.7. The molecule has 0 aliphatic carbocycles. The standard InChI is InChI=1S/C12H9F2N3O3/c13-9-3-10(14)12(17(19)20)4-11(9)16-5-7-1-2-8(18)6-15-7/h1-4,6,16,18H,5H2. The van der Waals surface area contributed by atoms with Gasteiger partial charge in [-0.15, -0.1) is 0 Å². The Balaban J connectivity index is 2.18. The number of aromatic hydroxyl groups is 1. The van der Waals surface area contributed by atoms with Crippen molar-refractivity contribution in [2.24, 2.45) is 0 Å². The summed E-state index contributed by atoms with van der Waals surface area (Å²) in [6.45, 7) is 0.0694. The number of rotatable bonds is 4. The molecule has 0 bridgehead atoms. The van der Waals surface area contributed by atoms with Gasteiger partial charge < -0.3 is 10.4 Å². The van der Waals surface area contributed by atoms with Gasteiger partial charge >= 0.3 is 5.69 Å². The SMILES string of the molecule is O=[N+]([O-])c1cc(NCc2ccc(O)cn2)c(F)cc1F. The molecule has 0 amide bonds. The molecule has 0 radical (unpaired) electrons. The van der Waals surface area contributed by atoms with E-state index in [1.807, 2.05) is 0 Å². The molecule has 2 N–H and O–H groups in total. The summed E-state index contributed by atoms with van der Waals surface area (Å²) in [7, 11) is 0. The van der Waals surface area contributed by atoms with Crippen molar-refractivity contribution in [3.8, 4) is 5.75 Å². The lowest BCUT2D eigenvalue weighted by molar-refractivity contribution is -0.387. The molecule has 0 unspecified atom stereocenters. The fourth-order valence-electron chi connectivity index (χ4n) is 1.52. The highest BCUT2D eigenvalue weighted by Gasteiger charge is 2.18. The molecule has 0 atom stereocenters. The van der Waals surface area contributed by atoms with Gasteiger partial charge in [-0.2, -0.15) is 4.39 Å². The van der Waals surface area contributed by atoms with Gasteiger partial charge in [-0.3, -0.25) is 15.1 Å². The van der Waals surface area contributed by atoms with Gasteiger partial charge in [0.05, 0.1) is 29.0 Å². The molecule has 6 nitrogen and oxygen atoms in total. The zero-order valence-electron chi connectivity index (χ0n) is 10.0. The van der Waals surface area contributed by atoms with Crippen LogP contribution in [-0.4, -0.2) is 15.0 Å². The molecule has 20 heavy (non-hydrogen) atoms. The maximum absolute atomic E-state index is 13.5. The third kappa shape index (κ3) is 2.97. The summed E-state index contributed by atoms with van der Waals surface area (Å²) in [5.74, 6) is -2.19. The van der Waals surface area contributed by atoms with E-state index in [4.69, 9.17) is 5.11 Å². The van der Waals surface area contributed by atoms with Crippen LogP contribution in [0.25, 0.3) is 0 Å². The van der Waals surface area contributed by atoms with Crippen molar-refractivity contribution in [2.75, 3.05) is 5.32 Å². The number of aromatic nitrogens is 1. The molecule has 0 saturated heterocycles. The predicted molar refractivity (Wildman–Crippen MR) is 66.2 cm³/mol. The highest BCUT2D eigenvalue weighted by atomic mass is 19.1. The summed E-state index contributed by atoms with van der Waals surface area (Å²) >= 11 is 0. The molecule has 1 heterocycles. The third-order valence-electron chi connectivity index (χ3n) is 2.50. The van der Waals surface area contributed by atoms with Gasteiger partial charge in [-0.25, -0.2) is 4.39 Å². The van der Waals surface area contributed by atoms with Crippen molar-refractivity contribution in [2.45, 2.75) is 6.54 Å². The second-order valence-electron chi connectivity index (χ2n) is 3.90. The fraction of sp³-hybridized carbons (Fsp3) is 0.0833. The normalized spacial score (nSPS) is 10.3. The Bertz CT molecular complexity index is 647. The van der Waals surface area contributed by atoms with Crippen molar-refractivity contribution in [3.63, 3.8) is 0 Å². The van der Waals surface area contributed by atoms with Crippen molar-refractivity contribution in [1.29, 1.82) is 0 Å². The molecule has 2 aromatic rings. The van der Waals surface area contributed by atoms with Gasteiger partial charge in [-0.05, 0) is 12.1 Å². The first-order chi connectivity index (χ1) is 9.47. The van der Waals surface area contributed by atoms with Crippen LogP contribution in [0.4, 0.5) is 20.2 Å². The van der Waals surface area contributed by atoms with Gasteiger partial charge in [0.15, 0.2) is 0 Å². The monoisotopic (exact) mass is 281 g/mol. The van der Waals surface area contributed by atoms with Crippen molar-refractivity contribution in [1.82, 2.24) is 4.98 Å². The maximum Gasteiger partial charge on any atom is 0.307 e. The number of nitro benzene ring substituents is 1. The number of nitrogens with zero attached hydrogens (tertiary/aromatic N) is 2. The highest BCUT2D eigenvalue weighted by molar-refractivity contribution is 5.53. The predicted octanol–water partition coefficient (Wildman–Crippen LogP) is 2.59. The number of hydrogen-bond donors (Lipinski definition) is 2. The molecule has 1 aromatic heterocycles. The molecule has 0 fully saturated rings. The van der Waals surface area contributed by atoms with E-state index in [1.165, 1.54) is 18.3 Å². The number of benzene rings is 1. The van der Waals surface area contributed by atoms with E-state index < -0.39 is 22.2 Å². The zero-order valence-corrected chi connectivity index (χ0v) is 10.0. The van der Waals surface area contributed by atoms with Gasteiger partial charge in [0.2, 0.25) is 5.82 Å². The van der Waals surface area contributed by atoms with E-state index in [-0.39, 0.29) is 18.0 Å². The van der Waals surface area contributed by atoms with Crippen LogP contribution in [0.2, 0.25) is 0 Å². The average Bonchev–Trinajstić information content (AvgIpc) is 2.39. The van der Waals surface area contributed by atoms with Crippen LogP contribution >= 0.6 is 0 Å². The number of anilines is 1. The van der Waals surface area contributed by atoms with E-state index >= 15 is 0 Å². The van der Waals surface area contributed by atoms with Crippen LogP contribution in [0.15, 0.2) is 30.5 Å². The smallest absolute Gasteiger partial charge is 0.307 e. The number of nitro groups is 1. The lowest BCUT2D eigenvalue weighted by atomic mass is 10.2. The van der Waals surface area contributed by atoms with E-state index in [0.717, 1.165) is 6.07 Å². The summed E-state index contributed by atoms with van der Waals surface area (Å²) in [5.41, 5.74) is -0.533. The zero-order chi connectivity index (χ0) is 14.7. The second kappa shape index (κ2) is 5.47. The summed E-state index contributed by atoms with van der Waals surface area (Å²) in [4.78, 5) is 13.5. The fourth-order valence-corrected chi connectivity index (χ4v) is 1.52. The summed E-state index contributed by atoms with van der Waals surface area (Å²) in [6, 6.07) is 4.13. The summed E-state index contributed by atoms with van der Waals surface area (Å²) in [5, 5.41) is 22.2. The molecule has 0 spiro atoms. The van der Waals surface area contributed by atoms with Crippen LogP contribution in [0.1, 0.15) is 5.69 Å². The van der Waals surface area contributed by atoms with Crippen LogP contribution in [-0.2, 0) is 6.54 Å². The Morgan fingerprint density at radius 2 is 2.05 bits per heavy atom. The van der Waals surface area contributed by atoms with E-state index in [9.17, 15) is 18.9 Å². The topological polar surface area (TPSA) is 88.3 Å². The summed E-state index contributed by atoms with van der Waals surface area (Å²) < 4.78 is 26.6. The van der Waals surface area contributed by atoms with Crippen LogP contribution in [0.3, 0.4) is 0 Å². The molecule has 104 valence electrons. The van der Waals surface area contributed by atoms with E-state index in [0.29, 0.717) is 11.8 Å². The molecular formula is C12H9F2N3O3. The van der Waals surface area contributed by atoms with Gasteiger partial charge in [-0.1, -0.05) is 0 Å². The van der Waals surface area contributed by atoms with E-state index in [1.54, 1.807) is 0 Å². The first-order valence-corrected chi connectivity index (χ1v) is 5.48. The number of hydrogen-bond acceptors (Lipinski definition) is 5. The molecule has 0 aliphatic heterocycles. The van der Waals surface area contributed by atoms with Crippen LogP contribution in [0.5, 0.6) is 5.75 Å². The number of pyridine rings is 1. The molecule has 1 aromatic carbocycles. The van der Waals surface area contributed by atoms with Crippen LogP contribution < -0.4 is 5.32 Å². The van der Waals surface area contributed by atoms with Crippen molar-refractivity contribution in [3.05, 3.63) is 57.9 Å². The first-order valence-electron chi connectivity index (χ1n) is 5.48. The largest absolute Gasteiger partial charge is 0.506 e. The quantitative estimate of drug-likeness (QED) is 0.664. The maximum atomic E-state index is 13.5. The summed E-state index contributed by atoms with van der Waals surface area (Å²) in [6.07, 6.45) is 1.21. The number of nitrogens with one attached hydrogen (secondary N) is 1. The molecule has 0 saturated carbocycles. The van der Waals surface area contributed by atoms with E-state index in [2.05, 4.69) is 10.3 Å². The Labute approximate surface area is 111 Å². The minimum Gasteiger partial charge on any atom is -0.506 e. The Morgan fingerprint density at radius 3 is 2.65 bits per heavy atom. The highest BCUT2D eigenvalue weighted by Crippen LogP contribution is 2.25. The number of halogens is 2. The second-order valence-corrected chi connectivity index (χ2v) is 3.90. The Hall–Kier alpha value is -2.77. The Kier molecular flexibility index (Phi) is 3.74. The molecule has 8 heteroatoms. The molecule has 0 aliphatic rings. The van der Waals surface area contributed by atoms with Gasteiger partial charge in [0.25, 0.3) is 0 Å². The Morgan fingerprint density at radius 1 is 1.30 bits per heavy atom. The van der Waals surface area contributed by atoms with Gasteiger partial charge in [0, 0.05) is 12.1 Å². The minimum absolute atomic E-state index is 0.0163. The lowest BCUT2D eigenvalue weighted by Crippen LogP contribution is -2.04.